The van der Waals surface area contributed by atoms with Gasteiger partial charge in [0.05, 0.1) is 36.4 Å². The number of nitrogens with two attached hydrogens (primary N) is 2. The standard InChI is InChI=1S/C17H26N6.C13H12.C8H11NO4S/c1-22-6-8-23(9-7-22)13-4-2-12(3-5-13)15-16-14(10-19-15)17(18)21-11-20-16;1-3-7-12(8-4-1)11-13-9-5-2-6-10-13;1-12-7-4-3-6(14(9,10)11)5-8(7)13-2/h10-13,15H,2-9H2,1H3,(H2,18,20,21);1-10H,11H2;3-5H,1-2H3,(H2,9,10,11). The summed E-state index contributed by atoms with van der Waals surface area (Å²) in [6.45, 7) is 4.85. The molecule has 0 bridgehead atoms. The Morgan fingerprint density at radius 1 is 0.800 bits per heavy atom. The molecule has 1 aromatic heterocycles. The van der Waals surface area contributed by atoms with Crippen LogP contribution in [0.5, 0.6) is 11.5 Å². The van der Waals surface area contributed by atoms with Gasteiger partial charge in [0.25, 0.3) is 0 Å². The zero-order valence-electron chi connectivity index (χ0n) is 29.2. The lowest BCUT2D eigenvalue weighted by atomic mass is 9.80. The molecule has 3 heterocycles. The fraction of sp³-hybridized carbons (Fsp3) is 0.395. The number of primary sulfonamides is 1. The first-order valence-corrected chi connectivity index (χ1v) is 18.6. The maximum absolute atomic E-state index is 11.0. The molecule has 4 N–H and O–H groups in total. The van der Waals surface area contributed by atoms with Crippen LogP contribution < -0.4 is 20.3 Å². The predicted molar refractivity (Wildman–Crippen MR) is 198 cm³/mol. The third kappa shape index (κ3) is 9.87. The summed E-state index contributed by atoms with van der Waals surface area (Å²) in [5.74, 6) is 1.96. The number of aromatic nitrogens is 2. The van der Waals surface area contributed by atoms with Gasteiger partial charge in [0, 0.05) is 44.5 Å². The second-order valence-electron chi connectivity index (χ2n) is 12.9. The van der Waals surface area contributed by atoms with E-state index in [-0.39, 0.29) is 10.9 Å². The van der Waals surface area contributed by atoms with Crippen LogP contribution in [0.1, 0.15) is 54.1 Å². The monoisotopic (exact) mass is 699 g/mol. The lowest BCUT2D eigenvalue weighted by molar-refractivity contribution is 0.0780. The van der Waals surface area contributed by atoms with Crippen molar-refractivity contribution in [2.45, 2.75) is 49.1 Å². The first-order chi connectivity index (χ1) is 24.2. The van der Waals surface area contributed by atoms with Crippen molar-refractivity contribution >= 4 is 22.1 Å². The Morgan fingerprint density at radius 3 is 1.96 bits per heavy atom. The van der Waals surface area contributed by atoms with Crippen LogP contribution in [0.15, 0.2) is 95.1 Å². The van der Waals surface area contributed by atoms with Gasteiger partial charge in [-0.05, 0) is 68.3 Å². The Morgan fingerprint density at radius 2 is 1.40 bits per heavy atom. The van der Waals surface area contributed by atoms with E-state index in [1.807, 2.05) is 6.21 Å². The summed E-state index contributed by atoms with van der Waals surface area (Å²) < 4.78 is 31.8. The lowest BCUT2D eigenvalue weighted by Crippen LogP contribution is -2.50. The Hall–Kier alpha value is -4.36. The highest BCUT2D eigenvalue weighted by Gasteiger charge is 2.35. The number of nitrogen functional groups attached to an aromatic ring is 1. The summed E-state index contributed by atoms with van der Waals surface area (Å²) in [7, 11) is 1.41. The average Bonchev–Trinajstić information content (AvgIpc) is 3.58. The third-order valence-corrected chi connectivity index (χ3v) is 10.5. The van der Waals surface area contributed by atoms with Crippen molar-refractivity contribution < 1.29 is 17.9 Å². The number of hydrogen-bond acceptors (Lipinski definition) is 10. The minimum Gasteiger partial charge on any atom is -0.493 e. The van der Waals surface area contributed by atoms with Gasteiger partial charge >= 0.3 is 0 Å². The maximum atomic E-state index is 11.0. The molecule has 1 atom stereocenters. The van der Waals surface area contributed by atoms with Gasteiger partial charge in [-0.3, -0.25) is 9.89 Å². The normalized spacial score (nSPS) is 20.4. The fourth-order valence-electron chi connectivity index (χ4n) is 6.75. The largest absolute Gasteiger partial charge is 0.493 e. The smallest absolute Gasteiger partial charge is 0.238 e. The van der Waals surface area contributed by atoms with Crippen LogP contribution in [0, 0.1) is 5.92 Å². The van der Waals surface area contributed by atoms with Crippen molar-refractivity contribution in [2.75, 3.05) is 53.2 Å². The molecule has 0 radical (unpaired) electrons. The SMILES string of the molecule is CN1CCN(C2CCC(C3N=Cc4c(N)ncnc43)CC2)CC1.COc1ccc(S(N)(=O)=O)cc1OC.c1ccc(Cc2ccccc2)cc1. The summed E-state index contributed by atoms with van der Waals surface area (Å²) in [5.41, 5.74) is 10.7. The van der Waals surface area contributed by atoms with Gasteiger partial charge in [-0.2, -0.15) is 0 Å². The van der Waals surface area contributed by atoms with Crippen molar-refractivity contribution in [1.82, 2.24) is 19.8 Å². The number of hydrogen-bond donors (Lipinski definition) is 2. The van der Waals surface area contributed by atoms with Gasteiger partial charge in [-0.25, -0.2) is 23.5 Å². The molecule has 3 aliphatic rings. The quantitative estimate of drug-likeness (QED) is 0.273. The zero-order chi connectivity index (χ0) is 35.5. The van der Waals surface area contributed by atoms with Crippen LogP contribution in [0.3, 0.4) is 0 Å². The van der Waals surface area contributed by atoms with E-state index >= 15 is 0 Å². The Bertz CT molecular complexity index is 1760. The highest BCUT2D eigenvalue weighted by Crippen LogP contribution is 2.41. The van der Waals surface area contributed by atoms with Crippen LogP contribution in [0.4, 0.5) is 5.82 Å². The van der Waals surface area contributed by atoms with Gasteiger partial charge in [0.2, 0.25) is 10.0 Å². The molecule has 1 unspecified atom stereocenters. The molecule has 1 saturated carbocycles. The number of rotatable bonds is 7. The number of anilines is 1. The second-order valence-corrected chi connectivity index (χ2v) is 14.5. The van der Waals surface area contributed by atoms with E-state index in [2.05, 4.69) is 87.5 Å². The summed E-state index contributed by atoms with van der Waals surface area (Å²) in [6, 6.07) is 26.2. The molecule has 2 aliphatic heterocycles. The third-order valence-electron chi connectivity index (χ3n) is 9.61. The van der Waals surface area contributed by atoms with E-state index in [1.165, 1.54) is 95.4 Å². The van der Waals surface area contributed by atoms with E-state index in [0.29, 0.717) is 23.2 Å². The number of fused-ring (bicyclic) bond motifs is 1. The molecule has 7 rings (SSSR count). The van der Waals surface area contributed by atoms with Gasteiger partial charge in [-0.15, -0.1) is 0 Å². The predicted octanol–water partition coefficient (Wildman–Crippen LogP) is 4.97. The second kappa shape index (κ2) is 17.5. The maximum Gasteiger partial charge on any atom is 0.238 e. The molecular formula is C38H49N7O4S. The average molecular weight is 700 g/mol. The van der Waals surface area contributed by atoms with E-state index in [1.54, 1.807) is 6.33 Å². The molecule has 0 spiro atoms. The van der Waals surface area contributed by atoms with E-state index in [4.69, 9.17) is 25.3 Å². The van der Waals surface area contributed by atoms with Crippen molar-refractivity contribution in [3.63, 3.8) is 0 Å². The molecule has 50 heavy (non-hydrogen) atoms. The molecule has 266 valence electrons. The summed E-state index contributed by atoms with van der Waals surface area (Å²) >= 11 is 0. The Balaban J connectivity index is 0.000000156. The van der Waals surface area contributed by atoms with Crippen LogP contribution >= 0.6 is 0 Å². The number of ether oxygens (including phenoxy) is 2. The lowest BCUT2D eigenvalue weighted by Gasteiger charge is -2.41. The molecule has 1 saturated heterocycles. The number of nitrogens with zero attached hydrogens (tertiary/aromatic N) is 5. The van der Waals surface area contributed by atoms with Crippen molar-refractivity contribution in [3.8, 4) is 11.5 Å². The number of likely N-dealkylation sites (N-methyl/N-ethyl adjacent to an activating group) is 1. The van der Waals surface area contributed by atoms with E-state index in [0.717, 1.165) is 23.7 Å². The van der Waals surface area contributed by atoms with Gasteiger partial charge in [0.1, 0.15) is 12.1 Å². The summed E-state index contributed by atoms with van der Waals surface area (Å²) in [5, 5.41) is 4.95. The molecule has 2 fully saturated rings. The fourth-order valence-corrected chi connectivity index (χ4v) is 7.28. The molecular weight excluding hydrogens is 651 g/mol. The molecule has 0 amide bonds. The van der Waals surface area contributed by atoms with Crippen LogP contribution in [-0.4, -0.2) is 87.9 Å². The van der Waals surface area contributed by atoms with E-state index in [9.17, 15) is 8.42 Å². The van der Waals surface area contributed by atoms with Gasteiger partial charge in [-0.1, -0.05) is 60.7 Å². The molecule has 1 aliphatic carbocycles. The highest BCUT2D eigenvalue weighted by atomic mass is 32.2. The molecule has 12 heteroatoms. The number of methoxy groups -OCH3 is 2. The van der Waals surface area contributed by atoms with Gasteiger partial charge in [0.15, 0.2) is 11.5 Å². The van der Waals surface area contributed by atoms with Crippen molar-refractivity contribution in [1.29, 1.82) is 0 Å². The number of aliphatic imine (C=N–C) groups is 1. The minimum atomic E-state index is -3.70. The van der Waals surface area contributed by atoms with Crippen molar-refractivity contribution in [3.05, 3.63) is 108 Å². The Labute approximate surface area is 296 Å². The molecule has 4 aromatic rings. The number of benzene rings is 3. The summed E-state index contributed by atoms with van der Waals surface area (Å²) in [6.07, 6.45) is 9.53. The highest BCUT2D eigenvalue weighted by molar-refractivity contribution is 7.89. The molecule has 11 nitrogen and oxygen atoms in total. The first kappa shape index (κ1) is 36.9. The van der Waals surface area contributed by atoms with Crippen LogP contribution in [-0.2, 0) is 16.4 Å². The molecule has 3 aromatic carbocycles. The van der Waals surface area contributed by atoms with Crippen molar-refractivity contribution in [2.24, 2.45) is 16.0 Å². The van der Waals surface area contributed by atoms with Gasteiger partial charge < -0.3 is 20.1 Å². The zero-order valence-corrected chi connectivity index (χ0v) is 30.0. The topological polar surface area (TPSA) is 149 Å². The summed E-state index contributed by atoms with van der Waals surface area (Å²) in [4.78, 5) is 18.4. The van der Waals surface area contributed by atoms with Crippen LogP contribution in [0.2, 0.25) is 0 Å². The minimum absolute atomic E-state index is 0.00449. The first-order valence-electron chi connectivity index (χ1n) is 17.0. The Kier molecular flexibility index (Phi) is 12.9. The van der Waals surface area contributed by atoms with Crippen LogP contribution in [0.25, 0.3) is 0 Å². The number of sulfonamides is 1. The van der Waals surface area contributed by atoms with E-state index < -0.39 is 10.0 Å². The number of piperazine rings is 1.